The van der Waals surface area contributed by atoms with Gasteiger partial charge in [0, 0.05) is 0 Å². The average Bonchev–Trinajstić information content (AvgIpc) is 2.77. The molecule has 3 aromatic carbocycles. The zero-order chi connectivity index (χ0) is 23.2. The van der Waals surface area contributed by atoms with Gasteiger partial charge in [-0.05, 0) is 33.1 Å². The van der Waals surface area contributed by atoms with E-state index in [0.717, 1.165) is 11.3 Å². The van der Waals surface area contributed by atoms with Crippen molar-refractivity contribution in [3.63, 3.8) is 0 Å². The highest BCUT2D eigenvalue weighted by atomic mass is 35.5. The molecule has 168 valence electrons. The van der Waals surface area contributed by atoms with Crippen molar-refractivity contribution in [2.24, 2.45) is 0 Å². The molecule has 0 atom stereocenters. The van der Waals surface area contributed by atoms with E-state index in [1.165, 1.54) is 10.4 Å². The molecular formula is C26H28Cl2O3Si. The van der Waals surface area contributed by atoms with Gasteiger partial charge in [-0.15, -0.1) is 23.2 Å². The number of halogens is 2. The van der Waals surface area contributed by atoms with Crippen LogP contribution in [0.15, 0.2) is 84.9 Å². The number of hydrogen-bond donors (Lipinski definition) is 0. The van der Waals surface area contributed by atoms with E-state index in [9.17, 15) is 4.79 Å². The van der Waals surface area contributed by atoms with Crippen LogP contribution in [-0.4, -0.2) is 25.7 Å². The number of carbonyl (C=O) groups excluding carboxylic acids is 1. The molecule has 0 unspecified atom stereocenters. The van der Waals surface area contributed by atoms with E-state index in [4.69, 9.17) is 32.4 Å². The molecule has 0 saturated heterocycles. The SMILES string of the molecule is CC(C)(C)[Si](Oc1cccc(CC(=O)OCC(Cl)Cl)c1)(c1ccccc1)c1ccccc1. The largest absolute Gasteiger partial charge is 0.534 e. The highest BCUT2D eigenvalue weighted by molar-refractivity contribution is 7.00. The first-order valence-corrected chi connectivity index (χ1v) is 13.3. The van der Waals surface area contributed by atoms with Gasteiger partial charge in [0.05, 0.1) is 6.42 Å². The van der Waals surface area contributed by atoms with Crippen LogP contribution < -0.4 is 14.8 Å². The lowest BCUT2D eigenvalue weighted by molar-refractivity contribution is -0.142. The molecule has 0 N–H and O–H groups in total. The molecule has 0 bridgehead atoms. The van der Waals surface area contributed by atoms with Crippen molar-refractivity contribution in [1.82, 2.24) is 0 Å². The lowest BCUT2D eigenvalue weighted by atomic mass is 10.1. The van der Waals surface area contributed by atoms with Crippen LogP contribution in [0.2, 0.25) is 5.04 Å². The minimum atomic E-state index is -2.73. The number of carbonyl (C=O) groups is 1. The van der Waals surface area contributed by atoms with Crippen LogP contribution in [0.1, 0.15) is 26.3 Å². The summed E-state index contributed by atoms with van der Waals surface area (Å²) in [5.41, 5.74) is 0.811. The van der Waals surface area contributed by atoms with E-state index in [0.29, 0.717) is 0 Å². The summed E-state index contributed by atoms with van der Waals surface area (Å²) in [6.45, 7) is 6.67. The van der Waals surface area contributed by atoms with Crippen molar-refractivity contribution >= 4 is 47.9 Å². The van der Waals surface area contributed by atoms with Crippen molar-refractivity contribution in [2.45, 2.75) is 37.1 Å². The molecule has 0 heterocycles. The third kappa shape index (κ3) is 5.74. The molecule has 3 rings (SSSR count). The molecule has 0 radical (unpaired) electrons. The van der Waals surface area contributed by atoms with E-state index in [2.05, 4.69) is 69.3 Å². The first kappa shape index (κ1) is 24.4. The predicted molar refractivity (Wildman–Crippen MR) is 135 cm³/mol. The number of rotatable bonds is 8. The molecule has 3 aromatic rings. The summed E-state index contributed by atoms with van der Waals surface area (Å²) in [5.74, 6) is 0.357. The maximum absolute atomic E-state index is 12.1. The van der Waals surface area contributed by atoms with Crippen molar-refractivity contribution < 1.29 is 14.0 Å². The predicted octanol–water partition coefficient (Wildman–Crippen LogP) is 5.51. The molecule has 3 nitrogen and oxygen atoms in total. The van der Waals surface area contributed by atoms with Gasteiger partial charge < -0.3 is 9.16 Å². The topological polar surface area (TPSA) is 35.5 Å². The molecule has 32 heavy (non-hydrogen) atoms. The summed E-state index contributed by atoms with van der Waals surface area (Å²) in [7, 11) is -2.73. The summed E-state index contributed by atoms with van der Waals surface area (Å²) in [6, 6.07) is 28.5. The Morgan fingerprint density at radius 2 is 1.44 bits per heavy atom. The fraction of sp³-hybridized carbons (Fsp3) is 0.269. The Hall–Kier alpha value is -2.27. The smallest absolute Gasteiger partial charge is 0.319 e. The van der Waals surface area contributed by atoms with E-state index in [-0.39, 0.29) is 24.0 Å². The molecule has 0 saturated carbocycles. The molecule has 0 aliphatic carbocycles. The second-order valence-corrected chi connectivity index (χ2v) is 14.2. The van der Waals surface area contributed by atoms with Gasteiger partial charge in [-0.2, -0.15) is 0 Å². The monoisotopic (exact) mass is 486 g/mol. The van der Waals surface area contributed by atoms with Crippen molar-refractivity contribution in [3.05, 3.63) is 90.5 Å². The third-order valence-corrected chi connectivity index (χ3v) is 10.5. The Morgan fingerprint density at radius 3 is 1.94 bits per heavy atom. The van der Waals surface area contributed by atoms with Gasteiger partial charge in [-0.3, -0.25) is 4.79 Å². The van der Waals surface area contributed by atoms with Crippen LogP contribution in [0.3, 0.4) is 0 Å². The Kier molecular flexibility index (Phi) is 8.04. The zero-order valence-electron chi connectivity index (χ0n) is 18.6. The number of hydrogen-bond acceptors (Lipinski definition) is 3. The zero-order valence-corrected chi connectivity index (χ0v) is 21.1. The number of ether oxygens (including phenoxy) is 1. The Balaban J connectivity index is 2.01. The van der Waals surface area contributed by atoms with E-state index in [1.807, 2.05) is 36.4 Å². The normalized spacial score (nSPS) is 11.9. The van der Waals surface area contributed by atoms with E-state index < -0.39 is 13.2 Å². The molecule has 0 aliphatic rings. The van der Waals surface area contributed by atoms with Gasteiger partial charge in [-0.1, -0.05) is 93.6 Å². The first-order chi connectivity index (χ1) is 15.2. The fourth-order valence-corrected chi connectivity index (χ4v) is 8.46. The summed E-state index contributed by atoms with van der Waals surface area (Å²) in [5, 5.41) is 2.23. The van der Waals surface area contributed by atoms with Gasteiger partial charge in [0.1, 0.15) is 17.2 Å². The molecular weight excluding hydrogens is 459 g/mol. The van der Waals surface area contributed by atoms with Gasteiger partial charge >= 0.3 is 14.3 Å². The van der Waals surface area contributed by atoms with Crippen LogP contribution in [0, 0.1) is 0 Å². The average molecular weight is 487 g/mol. The van der Waals surface area contributed by atoms with Crippen LogP contribution in [0.4, 0.5) is 0 Å². The highest BCUT2D eigenvalue weighted by Gasteiger charge is 2.52. The maximum atomic E-state index is 12.1. The molecule has 0 amide bonds. The highest BCUT2D eigenvalue weighted by Crippen LogP contribution is 2.37. The minimum Gasteiger partial charge on any atom is -0.534 e. The molecule has 6 heteroatoms. The minimum absolute atomic E-state index is 0.0276. The summed E-state index contributed by atoms with van der Waals surface area (Å²) >= 11 is 11.3. The lowest BCUT2D eigenvalue weighted by Crippen LogP contribution is -2.68. The summed E-state index contributed by atoms with van der Waals surface area (Å²) in [6.07, 6.45) is 0.123. The van der Waals surface area contributed by atoms with Crippen molar-refractivity contribution in [1.29, 1.82) is 0 Å². The first-order valence-electron chi connectivity index (χ1n) is 10.5. The Labute approximate surface area is 201 Å². The van der Waals surface area contributed by atoms with Crippen LogP contribution in [-0.2, 0) is 16.0 Å². The molecule has 0 aromatic heterocycles. The quantitative estimate of drug-likeness (QED) is 0.239. The second kappa shape index (κ2) is 10.6. The number of esters is 1. The molecule has 0 fully saturated rings. The summed E-state index contributed by atoms with van der Waals surface area (Å²) in [4.78, 5) is 11.4. The Morgan fingerprint density at radius 1 is 0.875 bits per heavy atom. The van der Waals surface area contributed by atoms with Gasteiger partial charge in [0.2, 0.25) is 0 Å². The molecule has 0 aliphatic heterocycles. The third-order valence-electron chi connectivity index (χ3n) is 5.30. The maximum Gasteiger partial charge on any atom is 0.319 e. The number of alkyl halides is 2. The van der Waals surface area contributed by atoms with E-state index in [1.54, 1.807) is 0 Å². The van der Waals surface area contributed by atoms with Crippen LogP contribution in [0.5, 0.6) is 5.75 Å². The fourth-order valence-electron chi connectivity index (χ4n) is 3.92. The van der Waals surface area contributed by atoms with Crippen molar-refractivity contribution in [2.75, 3.05) is 6.61 Å². The lowest BCUT2D eigenvalue weighted by Gasteiger charge is -2.43. The molecule has 0 spiro atoms. The van der Waals surface area contributed by atoms with Gasteiger partial charge in [-0.25, -0.2) is 0 Å². The second-order valence-electron chi connectivity index (χ2n) is 8.66. The van der Waals surface area contributed by atoms with Crippen LogP contribution in [0.25, 0.3) is 0 Å². The summed E-state index contributed by atoms with van der Waals surface area (Å²) < 4.78 is 12.1. The standard InChI is InChI=1S/C26H28Cl2O3Si/c1-26(2,3)32(22-13-6-4-7-14-22,23-15-8-5-9-16-23)31-21-12-10-11-20(17-21)18-25(29)30-19-24(27)28/h4-17,24H,18-19H2,1-3H3. The van der Waals surface area contributed by atoms with Gasteiger partial charge in [0.25, 0.3) is 0 Å². The Bertz CT molecular complexity index is 979. The van der Waals surface area contributed by atoms with Crippen molar-refractivity contribution in [3.8, 4) is 5.75 Å². The van der Waals surface area contributed by atoms with Gasteiger partial charge in [0.15, 0.2) is 0 Å². The van der Waals surface area contributed by atoms with E-state index >= 15 is 0 Å². The van der Waals surface area contributed by atoms with Crippen LogP contribution >= 0.6 is 23.2 Å². The number of benzene rings is 3.